The molecule has 0 N–H and O–H groups in total. The van der Waals surface area contributed by atoms with Crippen molar-refractivity contribution in [1.29, 1.82) is 0 Å². The Balaban J connectivity index is 3.80. The van der Waals surface area contributed by atoms with E-state index in [9.17, 15) is 14.0 Å². The van der Waals surface area contributed by atoms with Gasteiger partial charge in [0.25, 0.3) is 0 Å². The number of hydrogen-bond donors (Lipinski definition) is 0. The third-order valence-electron chi connectivity index (χ3n) is 3.82. The third kappa shape index (κ3) is 10.7. The van der Waals surface area contributed by atoms with E-state index in [2.05, 4.69) is 6.92 Å². The van der Waals surface area contributed by atoms with Gasteiger partial charge in [0.1, 0.15) is 12.6 Å². The van der Waals surface area contributed by atoms with E-state index in [1.54, 1.807) is 0 Å². The molecule has 22 heavy (non-hydrogen) atoms. The Bertz CT molecular complexity index is 310. The molecule has 0 aliphatic carbocycles. The summed E-state index contributed by atoms with van der Waals surface area (Å²) in [5.41, 5.74) is 0. The summed E-state index contributed by atoms with van der Waals surface area (Å²) in [6, 6.07) is 0. The Kier molecular flexibility index (Phi) is 13.1. The van der Waals surface area contributed by atoms with E-state index in [1.807, 2.05) is 13.8 Å². The van der Waals surface area contributed by atoms with Crippen LogP contribution in [0.5, 0.6) is 0 Å². The van der Waals surface area contributed by atoms with Crippen LogP contribution in [0, 0.1) is 5.92 Å². The number of hydrogen-bond acceptors (Lipinski definition) is 4. The Morgan fingerprint density at radius 2 is 1.68 bits per heavy atom. The van der Waals surface area contributed by atoms with E-state index in [1.165, 1.54) is 24.2 Å². The van der Waals surface area contributed by atoms with Crippen LogP contribution in [0.15, 0.2) is 0 Å². The van der Waals surface area contributed by atoms with E-state index in [0.29, 0.717) is 6.61 Å². The molecular weight excluding hydrogens is 285 g/mol. The molecule has 130 valence electrons. The van der Waals surface area contributed by atoms with E-state index in [0.717, 1.165) is 25.7 Å². The highest BCUT2D eigenvalue weighted by Gasteiger charge is 2.18. The summed E-state index contributed by atoms with van der Waals surface area (Å²) in [6.45, 7) is 5.28. The summed E-state index contributed by atoms with van der Waals surface area (Å²) in [6.07, 6.45) is 7.45. The average Bonchev–Trinajstić information content (AvgIpc) is 2.52. The summed E-state index contributed by atoms with van der Waals surface area (Å²) in [4.78, 5) is 24.6. The van der Waals surface area contributed by atoms with Gasteiger partial charge < -0.3 is 4.74 Å². The molecule has 0 radical (unpaired) electrons. The van der Waals surface area contributed by atoms with E-state index in [4.69, 9.17) is 4.74 Å². The summed E-state index contributed by atoms with van der Waals surface area (Å²) >= 11 is 0. The van der Waals surface area contributed by atoms with Gasteiger partial charge in [-0.2, -0.15) is 0 Å². The molecule has 1 atom stereocenters. The van der Waals surface area contributed by atoms with Gasteiger partial charge in [0, 0.05) is 5.92 Å². The van der Waals surface area contributed by atoms with Crippen molar-refractivity contribution < 1.29 is 18.7 Å². The van der Waals surface area contributed by atoms with Crippen molar-refractivity contribution in [2.45, 2.75) is 65.7 Å². The normalized spacial score (nSPS) is 12.4. The van der Waals surface area contributed by atoms with Crippen molar-refractivity contribution in [1.82, 2.24) is 4.90 Å². The molecule has 0 saturated heterocycles. The molecule has 0 bridgehead atoms. The van der Waals surface area contributed by atoms with Gasteiger partial charge in [0.15, 0.2) is 0 Å². The topological polar surface area (TPSA) is 46.6 Å². The van der Waals surface area contributed by atoms with E-state index < -0.39 is 12.8 Å². The molecule has 5 heteroatoms. The molecule has 0 rings (SSSR count). The number of nitrogens with zero attached hydrogens (tertiary/aromatic N) is 1. The molecule has 0 aromatic heterocycles. The van der Waals surface area contributed by atoms with Crippen LogP contribution in [0.4, 0.5) is 4.39 Å². The highest BCUT2D eigenvalue weighted by molar-refractivity contribution is 5.83. The van der Waals surface area contributed by atoms with Crippen LogP contribution in [0.1, 0.15) is 65.7 Å². The zero-order valence-corrected chi connectivity index (χ0v) is 14.4. The van der Waals surface area contributed by atoms with Crippen LogP contribution in [0.2, 0.25) is 0 Å². The lowest BCUT2D eigenvalue weighted by atomic mass is 10.0. The Morgan fingerprint density at radius 1 is 1.05 bits per heavy atom. The first-order valence-corrected chi connectivity index (χ1v) is 8.51. The van der Waals surface area contributed by atoms with Gasteiger partial charge in [-0.15, -0.1) is 0 Å². The molecule has 0 amide bonds. The summed E-state index contributed by atoms with van der Waals surface area (Å²) in [5, 5.41) is 0. The molecule has 0 aromatic carbocycles. The van der Waals surface area contributed by atoms with Crippen LogP contribution in [-0.4, -0.2) is 43.1 Å². The van der Waals surface area contributed by atoms with Crippen LogP contribution in [-0.2, 0) is 14.3 Å². The number of carbonyl (C=O) groups excluding carboxylic acids is 2. The number of rotatable bonds is 14. The first-order valence-electron chi connectivity index (χ1n) is 8.51. The van der Waals surface area contributed by atoms with Gasteiger partial charge in [0.2, 0.25) is 0 Å². The molecule has 0 fully saturated rings. The van der Waals surface area contributed by atoms with Crippen molar-refractivity contribution in [3.63, 3.8) is 0 Å². The highest BCUT2D eigenvalue weighted by atomic mass is 19.1. The Hall–Kier alpha value is -0.970. The maximum atomic E-state index is 12.9. The zero-order chi connectivity index (χ0) is 16.8. The van der Waals surface area contributed by atoms with Gasteiger partial charge in [-0.3, -0.25) is 14.5 Å². The number of Topliss-reactive ketones (excluding diaryl/α,β-unsaturated/α-hetero) is 1. The molecule has 1 unspecified atom stereocenters. The first kappa shape index (κ1) is 21.0. The minimum atomic E-state index is -0.811. The highest BCUT2D eigenvalue weighted by Crippen LogP contribution is 2.06. The fourth-order valence-corrected chi connectivity index (χ4v) is 2.04. The molecule has 4 nitrogen and oxygen atoms in total. The lowest BCUT2D eigenvalue weighted by molar-refractivity contribution is -0.146. The summed E-state index contributed by atoms with van der Waals surface area (Å²) in [7, 11) is 0. The minimum Gasteiger partial charge on any atom is -0.465 e. The fraction of sp³-hybridized carbons (Fsp3) is 0.882. The molecular formula is C17H32FNO3. The van der Waals surface area contributed by atoms with Crippen LogP contribution < -0.4 is 0 Å². The van der Waals surface area contributed by atoms with E-state index >= 15 is 0 Å². The second-order valence-corrected chi connectivity index (χ2v) is 5.87. The zero-order valence-electron chi connectivity index (χ0n) is 14.4. The maximum Gasteiger partial charge on any atom is 0.320 e. The van der Waals surface area contributed by atoms with Gasteiger partial charge in [0.05, 0.1) is 19.7 Å². The fourth-order valence-electron chi connectivity index (χ4n) is 2.04. The van der Waals surface area contributed by atoms with Gasteiger partial charge in [-0.1, -0.05) is 52.9 Å². The van der Waals surface area contributed by atoms with Crippen molar-refractivity contribution in [3.8, 4) is 0 Å². The lowest BCUT2D eigenvalue weighted by Gasteiger charge is -2.18. The van der Waals surface area contributed by atoms with Crippen LogP contribution in [0.25, 0.3) is 0 Å². The number of halogens is 1. The Labute approximate surface area is 134 Å². The predicted molar refractivity (Wildman–Crippen MR) is 86.3 cm³/mol. The maximum absolute atomic E-state index is 12.9. The van der Waals surface area contributed by atoms with Crippen molar-refractivity contribution in [2.24, 2.45) is 5.92 Å². The van der Waals surface area contributed by atoms with E-state index in [-0.39, 0.29) is 24.8 Å². The molecule has 0 aliphatic heterocycles. The van der Waals surface area contributed by atoms with Gasteiger partial charge >= 0.3 is 5.97 Å². The Morgan fingerprint density at radius 3 is 2.27 bits per heavy atom. The number of ether oxygens (including phenoxy) is 1. The largest absolute Gasteiger partial charge is 0.465 e. The second-order valence-electron chi connectivity index (χ2n) is 5.87. The molecule has 0 heterocycles. The smallest absolute Gasteiger partial charge is 0.320 e. The summed E-state index contributed by atoms with van der Waals surface area (Å²) < 4.78 is 18.0. The molecule has 0 aliphatic rings. The SMILES string of the molecule is CCCCCCCCOC(=O)CN(CF)CC(=O)C(C)CC. The average molecular weight is 317 g/mol. The monoisotopic (exact) mass is 317 g/mol. The molecule has 0 aromatic rings. The van der Waals surface area contributed by atoms with Crippen LogP contribution in [0.3, 0.4) is 0 Å². The number of carbonyl (C=O) groups is 2. The molecule has 0 spiro atoms. The number of esters is 1. The van der Waals surface area contributed by atoms with Crippen molar-refractivity contribution in [2.75, 3.05) is 26.5 Å². The quantitative estimate of drug-likeness (QED) is 0.278. The number of ketones is 1. The lowest BCUT2D eigenvalue weighted by Crippen LogP contribution is -2.36. The minimum absolute atomic E-state index is 0.0301. The standard InChI is InChI=1S/C17H32FNO3/c1-4-6-7-8-9-10-11-22-17(21)13-19(14-18)12-16(20)15(3)5-2/h15H,4-14H2,1-3H3. The summed E-state index contributed by atoms with van der Waals surface area (Å²) in [5.74, 6) is -0.597. The number of alkyl halides is 1. The van der Waals surface area contributed by atoms with Crippen LogP contribution >= 0.6 is 0 Å². The molecule has 0 saturated carbocycles. The second kappa shape index (κ2) is 13.7. The van der Waals surface area contributed by atoms with Crippen molar-refractivity contribution in [3.05, 3.63) is 0 Å². The van der Waals surface area contributed by atoms with Gasteiger partial charge in [-0.25, -0.2) is 4.39 Å². The predicted octanol–water partition coefficient (Wildman–Crippen LogP) is 3.73. The first-order chi connectivity index (χ1) is 10.5. The number of unbranched alkanes of at least 4 members (excludes halogenated alkanes) is 5. The third-order valence-corrected chi connectivity index (χ3v) is 3.82. The van der Waals surface area contributed by atoms with Crippen molar-refractivity contribution >= 4 is 11.8 Å². The van der Waals surface area contributed by atoms with Gasteiger partial charge in [-0.05, 0) is 12.8 Å².